The van der Waals surface area contributed by atoms with Crippen LogP contribution in [0.4, 0.5) is 0 Å². The van der Waals surface area contributed by atoms with Gasteiger partial charge in [0, 0.05) is 12.1 Å². The van der Waals surface area contributed by atoms with Gasteiger partial charge in [0.05, 0.1) is 24.8 Å². The van der Waals surface area contributed by atoms with Crippen molar-refractivity contribution in [1.29, 1.82) is 0 Å². The molecule has 24 heavy (non-hydrogen) atoms. The molecule has 0 radical (unpaired) electrons. The van der Waals surface area contributed by atoms with E-state index in [9.17, 15) is 5.11 Å². The molecular weight excluding hydrogens is 304 g/mol. The van der Waals surface area contributed by atoms with Crippen LogP contribution in [0, 0.1) is 0 Å². The molecule has 134 valence electrons. The number of benzene rings is 1. The highest BCUT2D eigenvalue weighted by Gasteiger charge is 2.47. The number of likely N-dealkylation sites (N-methyl/N-ethyl adjacent to an activating group) is 1. The minimum absolute atomic E-state index is 0.0811. The summed E-state index contributed by atoms with van der Waals surface area (Å²) in [5.41, 5.74) is 1.01. The molecule has 0 aliphatic carbocycles. The maximum absolute atomic E-state index is 10.9. The molecule has 0 saturated carbocycles. The first-order valence-corrected chi connectivity index (χ1v) is 9.02. The number of hydrogen-bond donors (Lipinski definition) is 1. The number of hydrogen-bond acceptors (Lipinski definition) is 5. The summed E-state index contributed by atoms with van der Waals surface area (Å²) < 4.78 is 12.2. The molecular formula is C19H30N2O3. The van der Waals surface area contributed by atoms with Gasteiger partial charge in [-0.2, -0.15) is 0 Å². The third-order valence-corrected chi connectivity index (χ3v) is 5.23. The number of likely N-dealkylation sites (tertiary alicyclic amines) is 1. The maximum atomic E-state index is 10.9. The van der Waals surface area contributed by atoms with Crippen LogP contribution >= 0.6 is 0 Å². The average Bonchev–Trinajstić information content (AvgIpc) is 2.61. The van der Waals surface area contributed by atoms with E-state index in [0.29, 0.717) is 6.61 Å². The molecule has 0 amide bonds. The second kappa shape index (κ2) is 7.93. The predicted octanol–water partition coefficient (Wildman–Crippen LogP) is 1.88. The second-order valence-electron chi connectivity index (χ2n) is 7.11. The van der Waals surface area contributed by atoms with E-state index in [1.807, 2.05) is 44.4 Å². The van der Waals surface area contributed by atoms with Gasteiger partial charge in [0.15, 0.2) is 6.29 Å². The van der Waals surface area contributed by atoms with Crippen molar-refractivity contribution in [1.82, 2.24) is 9.80 Å². The van der Waals surface area contributed by atoms with Crippen LogP contribution in [-0.4, -0.2) is 73.0 Å². The van der Waals surface area contributed by atoms with Crippen LogP contribution in [0.1, 0.15) is 31.6 Å². The molecule has 2 aliphatic heterocycles. The molecule has 5 atom stereocenters. The van der Waals surface area contributed by atoms with Crippen LogP contribution in [-0.2, 0) is 9.47 Å². The third kappa shape index (κ3) is 3.65. The summed E-state index contributed by atoms with van der Waals surface area (Å²) in [6.07, 6.45) is 1.20. The standard InChI is InChI=1S/C19H30N2O3/c1-4-5-11-21-12-15(20(2)3)17(22)18-16(21)13-23-19(24-18)14-9-7-6-8-10-14/h6-10,15-19,22H,4-5,11-13H2,1-3H3/t15-,16+,17+,18+,19+/m0/s1. The molecule has 1 N–H and O–H groups in total. The van der Waals surface area contributed by atoms with E-state index in [-0.39, 0.29) is 18.2 Å². The SMILES string of the molecule is CCCCN1C[C@H](N(C)C)[C@@H](O)[C@@H]2O[C@H](c3ccccc3)OC[C@H]21. The van der Waals surface area contributed by atoms with Crippen LogP contribution in [0.5, 0.6) is 0 Å². The summed E-state index contributed by atoms with van der Waals surface area (Å²) in [5.74, 6) is 0. The Morgan fingerprint density at radius 1 is 1.25 bits per heavy atom. The molecule has 3 rings (SSSR count). The van der Waals surface area contributed by atoms with Gasteiger partial charge in [0.1, 0.15) is 6.10 Å². The van der Waals surface area contributed by atoms with Crippen molar-refractivity contribution in [2.75, 3.05) is 33.8 Å². The molecule has 0 unspecified atom stereocenters. The largest absolute Gasteiger partial charge is 0.389 e. The second-order valence-corrected chi connectivity index (χ2v) is 7.11. The lowest BCUT2D eigenvalue weighted by Gasteiger charge is -2.52. The number of aliphatic hydroxyl groups is 1. The molecule has 2 saturated heterocycles. The zero-order valence-corrected chi connectivity index (χ0v) is 15.0. The van der Waals surface area contributed by atoms with Gasteiger partial charge in [-0.3, -0.25) is 4.90 Å². The van der Waals surface area contributed by atoms with Gasteiger partial charge in [-0.15, -0.1) is 0 Å². The maximum Gasteiger partial charge on any atom is 0.184 e. The highest BCUT2D eigenvalue weighted by Crippen LogP contribution is 2.34. The Morgan fingerprint density at radius 3 is 2.67 bits per heavy atom. The minimum atomic E-state index is -0.502. The van der Waals surface area contributed by atoms with E-state index in [2.05, 4.69) is 16.7 Å². The normalized spacial score (nSPS) is 34.3. The zero-order valence-electron chi connectivity index (χ0n) is 15.0. The fourth-order valence-corrected chi connectivity index (χ4v) is 3.75. The Labute approximate surface area is 145 Å². The summed E-state index contributed by atoms with van der Waals surface area (Å²) in [7, 11) is 4.06. The monoisotopic (exact) mass is 334 g/mol. The van der Waals surface area contributed by atoms with Crippen molar-refractivity contribution < 1.29 is 14.6 Å². The molecule has 2 aliphatic rings. The molecule has 5 heteroatoms. The Morgan fingerprint density at radius 2 is 2.00 bits per heavy atom. The quantitative estimate of drug-likeness (QED) is 0.891. The first kappa shape index (κ1) is 17.8. The number of nitrogens with zero attached hydrogens (tertiary/aromatic N) is 2. The Hall–Kier alpha value is -0.980. The van der Waals surface area contributed by atoms with Gasteiger partial charge in [0.2, 0.25) is 0 Å². The predicted molar refractivity (Wildman–Crippen MR) is 93.8 cm³/mol. The Balaban J connectivity index is 1.77. The molecule has 1 aromatic rings. The molecule has 0 spiro atoms. The first-order chi connectivity index (χ1) is 11.6. The summed E-state index contributed by atoms with van der Waals surface area (Å²) in [5, 5.41) is 10.9. The van der Waals surface area contributed by atoms with Crippen LogP contribution < -0.4 is 0 Å². The number of ether oxygens (including phenoxy) is 2. The van der Waals surface area contributed by atoms with Crippen molar-refractivity contribution in [2.24, 2.45) is 0 Å². The van der Waals surface area contributed by atoms with Crippen molar-refractivity contribution in [3.63, 3.8) is 0 Å². The zero-order chi connectivity index (χ0) is 17.1. The van der Waals surface area contributed by atoms with Crippen molar-refractivity contribution in [3.8, 4) is 0 Å². The smallest absolute Gasteiger partial charge is 0.184 e. The van der Waals surface area contributed by atoms with E-state index >= 15 is 0 Å². The van der Waals surface area contributed by atoms with Crippen molar-refractivity contribution >= 4 is 0 Å². The van der Waals surface area contributed by atoms with Gasteiger partial charge in [0.25, 0.3) is 0 Å². The van der Waals surface area contributed by atoms with E-state index < -0.39 is 12.4 Å². The van der Waals surface area contributed by atoms with E-state index in [1.165, 1.54) is 0 Å². The number of fused-ring (bicyclic) bond motifs is 1. The lowest BCUT2D eigenvalue weighted by atomic mass is 9.90. The van der Waals surface area contributed by atoms with Crippen molar-refractivity contribution in [3.05, 3.63) is 35.9 Å². The molecule has 0 bridgehead atoms. The lowest BCUT2D eigenvalue weighted by Crippen LogP contribution is -2.68. The lowest BCUT2D eigenvalue weighted by molar-refractivity contribution is -0.282. The Bertz CT molecular complexity index is 511. The summed E-state index contributed by atoms with van der Waals surface area (Å²) >= 11 is 0. The van der Waals surface area contributed by atoms with Gasteiger partial charge in [-0.05, 0) is 27.1 Å². The first-order valence-electron chi connectivity index (χ1n) is 9.02. The topological polar surface area (TPSA) is 45.2 Å². The fourth-order valence-electron chi connectivity index (χ4n) is 3.75. The number of rotatable bonds is 5. The van der Waals surface area contributed by atoms with Crippen molar-refractivity contribution in [2.45, 2.75) is 50.3 Å². The third-order valence-electron chi connectivity index (χ3n) is 5.23. The highest BCUT2D eigenvalue weighted by atomic mass is 16.7. The van der Waals surface area contributed by atoms with Crippen LogP contribution in [0.2, 0.25) is 0 Å². The van der Waals surface area contributed by atoms with Gasteiger partial charge in [-0.1, -0.05) is 43.7 Å². The number of aliphatic hydroxyl groups excluding tert-OH is 1. The fraction of sp³-hybridized carbons (Fsp3) is 0.684. The molecule has 2 fully saturated rings. The summed E-state index contributed by atoms with van der Waals surface area (Å²) in [6.45, 7) is 4.69. The molecule has 1 aromatic carbocycles. The molecule has 2 heterocycles. The molecule has 0 aromatic heterocycles. The number of piperidine rings is 1. The van der Waals surface area contributed by atoms with Gasteiger partial charge in [-0.25, -0.2) is 0 Å². The van der Waals surface area contributed by atoms with Gasteiger partial charge >= 0.3 is 0 Å². The van der Waals surface area contributed by atoms with E-state index in [4.69, 9.17) is 9.47 Å². The molecule has 5 nitrogen and oxygen atoms in total. The van der Waals surface area contributed by atoms with Crippen LogP contribution in [0.15, 0.2) is 30.3 Å². The summed E-state index contributed by atoms with van der Waals surface area (Å²) in [4.78, 5) is 4.54. The minimum Gasteiger partial charge on any atom is -0.389 e. The Kier molecular flexibility index (Phi) is 5.89. The summed E-state index contributed by atoms with van der Waals surface area (Å²) in [6, 6.07) is 10.2. The van der Waals surface area contributed by atoms with E-state index in [1.54, 1.807) is 0 Å². The average molecular weight is 334 g/mol. The van der Waals surface area contributed by atoms with Gasteiger partial charge < -0.3 is 19.5 Å². The van der Waals surface area contributed by atoms with E-state index in [0.717, 1.165) is 31.5 Å². The number of unbranched alkanes of at least 4 members (excludes halogenated alkanes) is 1. The highest BCUT2D eigenvalue weighted by molar-refractivity contribution is 5.17. The van der Waals surface area contributed by atoms with Crippen LogP contribution in [0.25, 0.3) is 0 Å². The van der Waals surface area contributed by atoms with Crippen LogP contribution in [0.3, 0.4) is 0 Å².